The second kappa shape index (κ2) is 5.18. The van der Waals surface area contributed by atoms with E-state index in [2.05, 4.69) is 12.6 Å². The van der Waals surface area contributed by atoms with Crippen molar-refractivity contribution < 1.29 is 9.59 Å². The van der Waals surface area contributed by atoms with Crippen LogP contribution >= 0.6 is 24.0 Å². The van der Waals surface area contributed by atoms with Gasteiger partial charge in [-0.3, -0.25) is 14.4 Å². The van der Waals surface area contributed by atoms with Gasteiger partial charge in [0.1, 0.15) is 0 Å². The van der Waals surface area contributed by atoms with Crippen molar-refractivity contribution in [3.05, 3.63) is 52.7 Å². The van der Waals surface area contributed by atoms with Gasteiger partial charge in [0.25, 0.3) is 0 Å². The van der Waals surface area contributed by atoms with E-state index in [1.807, 2.05) is 18.2 Å². The zero-order chi connectivity index (χ0) is 16.1. The molecular weight excluding hydrogens is 330 g/mol. The Morgan fingerprint density at radius 1 is 1.00 bits per heavy atom. The quantitative estimate of drug-likeness (QED) is 0.421. The van der Waals surface area contributed by atoms with E-state index < -0.39 is 5.25 Å². The van der Waals surface area contributed by atoms with Crippen molar-refractivity contribution in [2.75, 3.05) is 4.90 Å². The van der Waals surface area contributed by atoms with Gasteiger partial charge in [0, 0.05) is 26.6 Å². The fourth-order valence-corrected chi connectivity index (χ4v) is 4.14. The predicted octanol–water partition coefficient (Wildman–Crippen LogP) is 2.98. The van der Waals surface area contributed by atoms with Gasteiger partial charge in [0.05, 0.1) is 10.9 Å². The Morgan fingerprint density at radius 2 is 1.74 bits per heavy atom. The van der Waals surface area contributed by atoms with Gasteiger partial charge in [-0.1, -0.05) is 12.1 Å². The van der Waals surface area contributed by atoms with E-state index in [9.17, 15) is 14.4 Å². The Balaban J connectivity index is 1.96. The molecule has 0 saturated carbocycles. The molecule has 1 aliphatic heterocycles. The highest BCUT2D eigenvalue weighted by atomic mass is 32.1. The molecule has 0 unspecified atom stereocenters. The second-order valence-corrected chi connectivity index (χ2v) is 7.10. The first kappa shape index (κ1) is 14.4. The number of thiol groups is 1. The molecule has 2 amide bonds. The largest absolute Gasteiger partial charge is 0.289 e. The van der Waals surface area contributed by atoms with Crippen molar-refractivity contribution in [3.8, 4) is 0 Å². The summed E-state index contributed by atoms with van der Waals surface area (Å²) in [7, 11) is 0. The third kappa shape index (κ3) is 2.17. The topological polar surface area (TPSA) is 54.5 Å². The van der Waals surface area contributed by atoms with Crippen LogP contribution in [0.25, 0.3) is 20.2 Å². The number of hydrogen-bond acceptors (Lipinski definition) is 5. The summed E-state index contributed by atoms with van der Waals surface area (Å²) >= 11 is 5.64. The lowest BCUT2D eigenvalue weighted by atomic mass is 10.1. The van der Waals surface area contributed by atoms with Crippen molar-refractivity contribution in [1.82, 2.24) is 0 Å². The Kier molecular flexibility index (Phi) is 3.25. The van der Waals surface area contributed by atoms with E-state index in [0.717, 1.165) is 14.3 Å². The third-order valence-corrected chi connectivity index (χ3v) is 5.50. The molecule has 0 bridgehead atoms. The molecule has 0 radical (unpaired) electrons. The number of rotatable bonds is 1. The summed E-state index contributed by atoms with van der Waals surface area (Å²) in [6.07, 6.45) is 0.0879. The summed E-state index contributed by atoms with van der Waals surface area (Å²) in [6, 6.07) is 12.5. The van der Waals surface area contributed by atoms with E-state index >= 15 is 0 Å². The van der Waals surface area contributed by atoms with Crippen LogP contribution in [0.2, 0.25) is 0 Å². The van der Waals surface area contributed by atoms with Gasteiger partial charge in [0.15, 0.2) is 5.43 Å². The lowest BCUT2D eigenvalue weighted by molar-refractivity contribution is -0.121. The molecule has 2 aromatic carbocycles. The lowest BCUT2D eigenvalue weighted by Crippen LogP contribution is -2.30. The van der Waals surface area contributed by atoms with Crippen LogP contribution in [0.1, 0.15) is 6.42 Å². The Labute approximate surface area is 140 Å². The summed E-state index contributed by atoms with van der Waals surface area (Å²) < 4.78 is 1.75. The van der Waals surface area contributed by atoms with E-state index in [1.54, 1.807) is 24.3 Å². The van der Waals surface area contributed by atoms with Crippen molar-refractivity contribution >= 4 is 61.6 Å². The maximum Gasteiger partial charge on any atom is 0.247 e. The summed E-state index contributed by atoms with van der Waals surface area (Å²) in [6.45, 7) is 0. The smallest absolute Gasteiger partial charge is 0.247 e. The number of benzene rings is 2. The molecule has 1 saturated heterocycles. The zero-order valence-electron chi connectivity index (χ0n) is 11.9. The number of fused-ring (bicyclic) bond motifs is 2. The predicted molar refractivity (Wildman–Crippen MR) is 95.5 cm³/mol. The van der Waals surface area contributed by atoms with Gasteiger partial charge in [-0.05, 0) is 30.3 Å². The molecule has 4 rings (SSSR count). The highest BCUT2D eigenvalue weighted by molar-refractivity contribution is 7.82. The highest BCUT2D eigenvalue weighted by Gasteiger charge is 2.37. The van der Waals surface area contributed by atoms with E-state index in [4.69, 9.17) is 0 Å². The SMILES string of the molecule is O=C1C[C@H](S)C(=O)N1c1ccc2sc3ccccc3c(=O)c2c1. The number of imide groups is 1. The molecule has 0 N–H and O–H groups in total. The van der Waals surface area contributed by atoms with Crippen LogP contribution in [-0.4, -0.2) is 17.1 Å². The van der Waals surface area contributed by atoms with Crippen LogP contribution in [-0.2, 0) is 9.59 Å². The van der Waals surface area contributed by atoms with Gasteiger partial charge in [-0.15, -0.1) is 11.3 Å². The number of anilines is 1. The fourth-order valence-electron chi connectivity index (χ4n) is 2.82. The standard InChI is InChI=1S/C17H11NO3S2/c19-15-8-12(22)17(21)18(15)9-5-6-14-11(7-9)16(20)10-3-1-2-4-13(10)23-14/h1-7,12,22H,8H2/t12-/m0/s1. The van der Waals surface area contributed by atoms with Crippen LogP contribution in [0.4, 0.5) is 5.69 Å². The average Bonchev–Trinajstić information content (AvgIpc) is 2.80. The van der Waals surface area contributed by atoms with Crippen LogP contribution in [0, 0.1) is 0 Å². The Hall–Kier alpha value is -2.18. The van der Waals surface area contributed by atoms with E-state index in [1.165, 1.54) is 11.3 Å². The molecule has 4 nitrogen and oxygen atoms in total. The van der Waals surface area contributed by atoms with Gasteiger partial charge in [-0.2, -0.15) is 12.6 Å². The first-order chi connectivity index (χ1) is 11.1. The number of hydrogen-bond donors (Lipinski definition) is 1. The molecule has 1 aromatic heterocycles. The maximum atomic E-state index is 12.7. The minimum Gasteiger partial charge on any atom is -0.289 e. The monoisotopic (exact) mass is 341 g/mol. The third-order valence-electron chi connectivity index (χ3n) is 3.94. The van der Waals surface area contributed by atoms with E-state index in [-0.39, 0.29) is 23.7 Å². The first-order valence-electron chi connectivity index (χ1n) is 7.07. The summed E-state index contributed by atoms with van der Waals surface area (Å²) in [5, 5.41) is 0.562. The number of amides is 2. The van der Waals surface area contributed by atoms with Crippen molar-refractivity contribution in [2.45, 2.75) is 11.7 Å². The van der Waals surface area contributed by atoms with Gasteiger partial charge >= 0.3 is 0 Å². The fraction of sp³-hybridized carbons (Fsp3) is 0.118. The van der Waals surface area contributed by atoms with Crippen LogP contribution in [0.15, 0.2) is 47.3 Å². The van der Waals surface area contributed by atoms with Crippen LogP contribution in [0.3, 0.4) is 0 Å². The van der Waals surface area contributed by atoms with Gasteiger partial charge < -0.3 is 0 Å². The molecule has 1 aliphatic rings. The molecule has 0 spiro atoms. The minimum absolute atomic E-state index is 0.0854. The molecule has 23 heavy (non-hydrogen) atoms. The number of carbonyl (C=O) groups excluding carboxylic acids is 2. The normalized spacial score (nSPS) is 18.3. The minimum atomic E-state index is -0.607. The molecule has 1 atom stereocenters. The number of nitrogens with zero attached hydrogens (tertiary/aromatic N) is 1. The molecule has 1 fully saturated rings. The molecule has 6 heteroatoms. The second-order valence-electron chi connectivity index (χ2n) is 5.40. The van der Waals surface area contributed by atoms with Gasteiger partial charge in [-0.25, -0.2) is 4.90 Å². The molecular formula is C17H11NO3S2. The molecule has 3 aromatic rings. The van der Waals surface area contributed by atoms with Crippen molar-refractivity contribution in [3.63, 3.8) is 0 Å². The number of carbonyl (C=O) groups is 2. The van der Waals surface area contributed by atoms with Gasteiger partial charge in [0.2, 0.25) is 11.8 Å². The van der Waals surface area contributed by atoms with Crippen molar-refractivity contribution in [1.29, 1.82) is 0 Å². The summed E-state index contributed by atoms with van der Waals surface area (Å²) in [5.74, 6) is -0.624. The van der Waals surface area contributed by atoms with Crippen LogP contribution < -0.4 is 10.3 Å². The first-order valence-corrected chi connectivity index (χ1v) is 8.40. The van der Waals surface area contributed by atoms with E-state index in [0.29, 0.717) is 16.5 Å². The summed E-state index contributed by atoms with van der Waals surface area (Å²) in [5.41, 5.74) is 0.348. The highest BCUT2D eigenvalue weighted by Crippen LogP contribution is 2.30. The molecule has 0 aliphatic carbocycles. The maximum absolute atomic E-state index is 12.7. The average molecular weight is 341 g/mol. The Bertz CT molecular complexity index is 1040. The van der Waals surface area contributed by atoms with Crippen molar-refractivity contribution in [2.24, 2.45) is 0 Å². The van der Waals surface area contributed by atoms with Crippen LogP contribution in [0.5, 0.6) is 0 Å². The Morgan fingerprint density at radius 3 is 2.48 bits per heavy atom. The lowest BCUT2D eigenvalue weighted by Gasteiger charge is -2.14. The zero-order valence-corrected chi connectivity index (χ0v) is 13.6. The molecule has 2 heterocycles. The summed E-state index contributed by atoms with van der Waals surface area (Å²) in [4.78, 5) is 37.9. The molecule has 114 valence electrons.